The number of nitrogen functional groups attached to an aromatic ring is 1. The maximum absolute atomic E-state index is 11.5. The van der Waals surface area contributed by atoms with Crippen molar-refractivity contribution in [3.8, 4) is 0 Å². The van der Waals surface area contributed by atoms with Crippen molar-refractivity contribution in [1.82, 2.24) is 14.7 Å². The third-order valence-electron chi connectivity index (χ3n) is 2.72. The van der Waals surface area contributed by atoms with Crippen molar-refractivity contribution in [2.24, 2.45) is 0 Å². The van der Waals surface area contributed by atoms with Gasteiger partial charge in [-0.2, -0.15) is 5.10 Å². The zero-order valence-electron chi connectivity index (χ0n) is 10.2. The highest BCUT2D eigenvalue weighted by atomic mass is 16.5. The lowest BCUT2D eigenvalue weighted by Gasteiger charge is -2.26. The standard InChI is InChI=1S/C11H18N4O3/c12-10-7-13-15(8-10)9-11(16)18-6-3-14-1-4-17-5-2-14/h7-8H,1-6,9,12H2. The van der Waals surface area contributed by atoms with Crippen LogP contribution in [0.15, 0.2) is 12.4 Å². The number of hydrogen-bond donors (Lipinski definition) is 1. The van der Waals surface area contributed by atoms with Gasteiger partial charge < -0.3 is 15.2 Å². The Morgan fingerprint density at radius 2 is 2.28 bits per heavy atom. The molecule has 7 nitrogen and oxygen atoms in total. The molecule has 1 saturated heterocycles. The third kappa shape index (κ3) is 4.01. The summed E-state index contributed by atoms with van der Waals surface area (Å²) in [6, 6.07) is 0. The molecule has 1 aromatic rings. The van der Waals surface area contributed by atoms with Gasteiger partial charge in [0.15, 0.2) is 0 Å². The van der Waals surface area contributed by atoms with Gasteiger partial charge in [0.05, 0.1) is 25.1 Å². The molecule has 2 heterocycles. The molecule has 0 saturated carbocycles. The minimum absolute atomic E-state index is 0.0975. The van der Waals surface area contributed by atoms with Crippen LogP contribution in [0.3, 0.4) is 0 Å². The van der Waals surface area contributed by atoms with Crippen LogP contribution in [0.1, 0.15) is 0 Å². The molecule has 1 aliphatic rings. The van der Waals surface area contributed by atoms with E-state index in [2.05, 4.69) is 10.00 Å². The van der Waals surface area contributed by atoms with E-state index >= 15 is 0 Å². The zero-order chi connectivity index (χ0) is 12.8. The van der Waals surface area contributed by atoms with Crippen LogP contribution < -0.4 is 5.73 Å². The van der Waals surface area contributed by atoms with Gasteiger partial charge in [-0.3, -0.25) is 14.4 Å². The Bertz CT molecular complexity index is 387. The van der Waals surface area contributed by atoms with E-state index in [9.17, 15) is 4.79 Å². The van der Waals surface area contributed by atoms with Crippen molar-refractivity contribution >= 4 is 11.7 Å². The number of anilines is 1. The first-order valence-corrected chi connectivity index (χ1v) is 5.98. The SMILES string of the molecule is Nc1cnn(CC(=O)OCCN2CCOCC2)c1. The Kier molecular flexibility index (Phi) is 4.54. The summed E-state index contributed by atoms with van der Waals surface area (Å²) in [5.74, 6) is -0.300. The molecule has 0 bridgehead atoms. The van der Waals surface area contributed by atoms with Gasteiger partial charge in [0.1, 0.15) is 13.2 Å². The van der Waals surface area contributed by atoms with Gasteiger partial charge in [-0.25, -0.2) is 0 Å². The molecule has 0 amide bonds. The lowest BCUT2D eigenvalue weighted by atomic mass is 10.4. The predicted octanol–water partition coefficient (Wildman–Crippen LogP) is -0.659. The topological polar surface area (TPSA) is 82.6 Å². The highest BCUT2D eigenvalue weighted by Crippen LogP contribution is 1.99. The number of esters is 1. The molecule has 0 atom stereocenters. The summed E-state index contributed by atoms with van der Waals surface area (Å²) in [6.45, 7) is 4.54. The Balaban J connectivity index is 1.62. The highest BCUT2D eigenvalue weighted by Gasteiger charge is 2.11. The van der Waals surface area contributed by atoms with Crippen LogP contribution in [0.5, 0.6) is 0 Å². The minimum atomic E-state index is -0.300. The van der Waals surface area contributed by atoms with Crippen LogP contribution >= 0.6 is 0 Å². The van der Waals surface area contributed by atoms with Crippen molar-refractivity contribution in [1.29, 1.82) is 0 Å². The Morgan fingerprint density at radius 3 is 2.94 bits per heavy atom. The normalized spacial score (nSPS) is 16.7. The second kappa shape index (κ2) is 6.36. The summed E-state index contributed by atoms with van der Waals surface area (Å²) in [5, 5.41) is 3.92. The molecule has 2 rings (SSSR count). The van der Waals surface area contributed by atoms with Gasteiger partial charge in [-0.1, -0.05) is 0 Å². The van der Waals surface area contributed by atoms with E-state index in [-0.39, 0.29) is 12.5 Å². The summed E-state index contributed by atoms with van der Waals surface area (Å²) in [7, 11) is 0. The Morgan fingerprint density at radius 1 is 1.50 bits per heavy atom. The van der Waals surface area contributed by atoms with Gasteiger partial charge in [0.2, 0.25) is 0 Å². The lowest BCUT2D eigenvalue weighted by molar-refractivity contribution is -0.145. The Labute approximate surface area is 105 Å². The number of ether oxygens (including phenoxy) is 2. The molecule has 18 heavy (non-hydrogen) atoms. The van der Waals surface area contributed by atoms with E-state index in [1.54, 1.807) is 6.20 Å². The second-order valence-corrected chi connectivity index (χ2v) is 4.15. The van der Waals surface area contributed by atoms with Crippen LogP contribution in [0.2, 0.25) is 0 Å². The molecular formula is C11H18N4O3. The van der Waals surface area contributed by atoms with Crippen LogP contribution in [0, 0.1) is 0 Å². The number of carbonyl (C=O) groups excluding carboxylic acids is 1. The van der Waals surface area contributed by atoms with Crippen LogP contribution in [0.4, 0.5) is 5.69 Å². The number of hydrogen-bond acceptors (Lipinski definition) is 6. The fourth-order valence-electron chi connectivity index (χ4n) is 1.76. The number of carbonyl (C=O) groups is 1. The number of nitrogens with zero attached hydrogens (tertiary/aromatic N) is 3. The fraction of sp³-hybridized carbons (Fsp3) is 0.636. The number of aromatic nitrogens is 2. The van der Waals surface area contributed by atoms with Crippen molar-refractivity contribution in [3.63, 3.8) is 0 Å². The van der Waals surface area contributed by atoms with E-state index in [4.69, 9.17) is 15.2 Å². The molecule has 0 unspecified atom stereocenters. The van der Waals surface area contributed by atoms with Crippen LogP contribution in [-0.2, 0) is 20.8 Å². The first-order chi connectivity index (χ1) is 8.74. The summed E-state index contributed by atoms with van der Waals surface area (Å²) in [6.07, 6.45) is 3.10. The molecule has 0 aromatic carbocycles. The molecule has 1 aromatic heterocycles. The molecule has 2 N–H and O–H groups in total. The van der Waals surface area contributed by atoms with E-state index in [0.29, 0.717) is 12.3 Å². The molecular weight excluding hydrogens is 236 g/mol. The van der Waals surface area contributed by atoms with E-state index in [1.807, 2.05) is 0 Å². The number of nitrogens with two attached hydrogens (primary N) is 1. The van der Waals surface area contributed by atoms with Crippen LogP contribution in [0.25, 0.3) is 0 Å². The molecule has 7 heteroatoms. The third-order valence-corrected chi connectivity index (χ3v) is 2.72. The van der Waals surface area contributed by atoms with Gasteiger partial charge in [-0.15, -0.1) is 0 Å². The molecule has 0 aliphatic carbocycles. The van der Waals surface area contributed by atoms with Gasteiger partial charge >= 0.3 is 5.97 Å². The maximum atomic E-state index is 11.5. The first-order valence-electron chi connectivity index (χ1n) is 5.98. The zero-order valence-corrected chi connectivity index (χ0v) is 10.2. The van der Waals surface area contributed by atoms with Gasteiger partial charge in [0.25, 0.3) is 0 Å². The maximum Gasteiger partial charge on any atom is 0.327 e. The largest absolute Gasteiger partial charge is 0.463 e. The molecule has 1 fully saturated rings. The lowest BCUT2D eigenvalue weighted by Crippen LogP contribution is -2.38. The predicted molar refractivity (Wildman–Crippen MR) is 64.9 cm³/mol. The number of rotatable bonds is 5. The first kappa shape index (κ1) is 12.8. The van der Waals surface area contributed by atoms with E-state index in [1.165, 1.54) is 10.9 Å². The van der Waals surface area contributed by atoms with Crippen LogP contribution in [-0.4, -0.2) is 60.1 Å². The minimum Gasteiger partial charge on any atom is -0.463 e. The molecule has 1 aliphatic heterocycles. The monoisotopic (exact) mass is 254 g/mol. The van der Waals surface area contributed by atoms with Crippen molar-refractivity contribution < 1.29 is 14.3 Å². The smallest absolute Gasteiger partial charge is 0.327 e. The van der Waals surface area contributed by atoms with E-state index < -0.39 is 0 Å². The number of morpholine rings is 1. The average Bonchev–Trinajstić information content (AvgIpc) is 2.76. The van der Waals surface area contributed by atoms with Crippen molar-refractivity contribution in [2.45, 2.75) is 6.54 Å². The fourth-order valence-corrected chi connectivity index (χ4v) is 1.76. The molecule has 100 valence electrons. The molecule has 0 spiro atoms. The van der Waals surface area contributed by atoms with Gasteiger partial charge in [-0.05, 0) is 0 Å². The summed E-state index contributed by atoms with van der Waals surface area (Å²) < 4.78 is 11.8. The average molecular weight is 254 g/mol. The summed E-state index contributed by atoms with van der Waals surface area (Å²) >= 11 is 0. The quantitative estimate of drug-likeness (QED) is 0.702. The van der Waals surface area contributed by atoms with Crippen molar-refractivity contribution in [2.75, 3.05) is 45.2 Å². The summed E-state index contributed by atoms with van der Waals surface area (Å²) in [5.41, 5.74) is 6.04. The van der Waals surface area contributed by atoms with Gasteiger partial charge in [0, 0.05) is 25.8 Å². The Hall–Kier alpha value is -1.60. The van der Waals surface area contributed by atoms with Crippen molar-refractivity contribution in [3.05, 3.63) is 12.4 Å². The summed E-state index contributed by atoms with van der Waals surface area (Å²) in [4.78, 5) is 13.7. The second-order valence-electron chi connectivity index (χ2n) is 4.15. The molecule has 0 radical (unpaired) electrons. The van der Waals surface area contributed by atoms with E-state index in [0.717, 1.165) is 32.8 Å². The highest BCUT2D eigenvalue weighted by molar-refractivity contribution is 5.69.